The van der Waals surface area contributed by atoms with Crippen LogP contribution in [0, 0.1) is 0 Å². The lowest BCUT2D eigenvalue weighted by molar-refractivity contribution is 0.194. The zero-order valence-corrected chi connectivity index (χ0v) is 26.3. The van der Waals surface area contributed by atoms with Gasteiger partial charge < -0.3 is 9.47 Å². The molecule has 4 heteroatoms. The highest BCUT2D eigenvalue weighted by Crippen LogP contribution is 2.60. The SMILES string of the molecule is CC12CCCCC1(C)N(c1ccc3c(c1)c1ccccc1n3-c1c(-c3ccccc3)cccc1-c1ccccc1)c1ncncc12. The summed E-state index contributed by atoms with van der Waals surface area (Å²) in [4.78, 5) is 12.0. The Kier molecular flexibility index (Phi) is 5.98. The van der Waals surface area contributed by atoms with Crippen molar-refractivity contribution in [2.45, 2.75) is 50.5 Å². The van der Waals surface area contributed by atoms with E-state index in [0.717, 1.165) is 18.7 Å². The molecule has 0 bridgehead atoms. The Labute approximate surface area is 270 Å². The van der Waals surface area contributed by atoms with Crippen LogP contribution >= 0.6 is 0 Å². The molecule has 0 amide bonds. The van der Waals surface area contributed by atoms with Gasteiger partial charge in [0.1, 0.15) is 12.1 Å². The van der Waals surface area contributed by atoms with Crippen LogP contribution in [0.4, 0.5) is 11.5 Å². The molecule has 2 aromatic heterocycles. The lowest BCUT2D eigenvalue weighted by atomic mass is 9.62. The molecule has 224 valence electrons. The summed E-state index contributed by atoms with van der Waals surface area (Å²) in [6.07, 6.45) is 8.54. The van der Waals surface area contributed by atoms with Gasteiger partial charge in [0.15, 0.2) is 0 Å². The van der Waals surface area contributed by atoms with Crippen LogP contribution in [0.25, 0.3) is 49.7 Å². The third kappa shape index (κ3) is 3.73. The van der Waals surface area contributed by atoms with Gasteiger partial charge in [-0.1, -0.05) is 117 Å². The Morgan fingerprint density at radius 1 is 0.630 bits per heavy atom. The molecule has 1 aliphatic carbocycles. The van der Waals surface area contributed by atoms with Crippen LogP contribution in [0.3, 0.4) is 0 Å². The molecule has 2 aliphatic rings. The zero-order chi connectivity index (χ0) is 30.9. The second-order valence-electron chi connectivity index (χ2n) is 13.4. The number of anilines is 2. The summed E-state index contributed by atoms with van der Waals surface area (Å²) in [5.74, 6) is 1.06. The Bertz CT molecular complexity index is 2200. The minimum absolute atomic E-state index is 0.00398. The monoisotopic (exact) mass is 596 g/mol. The van der Waals surface area contributed by atoms with E-state index in [1.807, 2.05) is 0 Å². The highest BCUT2D eigenvalue weighted by atomic mass is 15.3. The van der Waals surface area contributed by atoms with Crippen LogP contribution in [-0.4, -0.2) is 20.1 Å². The van der Waals surface area contributed by atoms with E-state index in [-0.39, 0.29) is 11.0 Å². The molecule has 0 radical (unpaired) electrons. The van der Waals surface area contributed by atoms with E-state index in [2.05, 4.69) is 156 Å². The number of rotatable bonds is 4. The number of nitrogens with zero attached hydrogens (tertiary/aromatic N) is 4. The zero-order valence-electron chi connectivity index (χ0n) is 26.3. The van der Waals surface area contributed by atoms with Crippen molar-refractivity contribution in [1.29, 1.82) is 0 Å². The fourth-order valence-corrected chi connectivity index (χ4v) is 8.63. The number of hydrogen-bond acceptors (Lipinski definition) is 3. The van der Waals surface area contributed by atoms with Crippen molar-refractivity contribution in [2.24, 2.45) is 0 Å². The summed E-state index contributed by atoms with van der Waals surface area (Å²) in [6, 6.07) is 44.2. The molecule has 2 unspecified atom stereocenters. The van der Waals surface area contributed by atoms with Crippen molar-refractivity contribution in [1.82, 2.24) is 14.5 Å². The highest BCUT2D eigenvalue weighted by Gasteiger charge is 2.58. The van der Waals surface area contributed by atoms with Gasteiger partial charge in [-0.15, -0.1) is 0 Å². The van der Waals surface area contributed by atoms with E-state index < -0.39 is 0 Å². The molecule has 1 saturated carbocycles. The van der Waals surface area contributed by atoms with Gasteiger partial charge in [-0.3, -0.25) is 0 Å². The summed E-state index contributed by atoms with van der Waals surface area (Å²) in [6.45, 7) is 4.88. The largest absolute Gasteiger partial charge is 0.319 e. The van der Waals surface area contributed by atoms with E-state index in [9.17, 15) is 0 Å². The molecular weight excluding hydrogens is 560 g/mol. The molecule has 0 spiro atoms. The smallest absolute Gasteiger partial charge is 0.140 e. The second kappa shape index (κ2) is 10.1. The van der Waals surface area contributed by atoms with Crippen LogP contribution in [-0.2, 0) is 5.41 Å². The first-order valence-electron chi connectivity index (χ1n) is 16.5. The number of para-hydroxylation sites is 2. The maximum Gasteiger partial charge on any atom is 0.140 e. The fourth-order valence-electron chi connectivity index (χ4n) is 8.63. The normalized spacial score (nSPS) is 20.6. The first-order valence-corrected chi connectivity index (χ1v) is 16.5. The summed E-state index contributed by atoms with van der Waals surface area (Å²) < 4.78 is 2.49. The molecule has 2 atom stereocenters. The Morgan fingerprint density at radius 2 is 1.28 bits per heavy atom. The minimum Gasteiger partial charge on any atom is -0.319 e. The molecular formula is C42H36N4. The third-order valence-electron chi connectivity index (χ3n) is 11.1. The molecule has 0 saturated heterocycles. The van der Waals surface area contributed by atoms with Gasteiger partial charge >= 0.3 is 0 Å². The Morgan fingerprint density at radius 3 is 2.02 bits per heavy atom. The van der Waals surface area contributed by atoms with Gasteiger partial charge in [0.05, 0.1) is 22.3 Å². The molecule has 7 aromatic rings. The van der Waals surface area contributed by atoms with Gasteiger partial charge in [0, 0.05) is 44.8 Å². The van der Waals surface area contributed by atoms with E-state index in [1.54, 1.807) is 6.33 Å². The van der Waals surface area contributed by atoms with E-state index in [0.29, 0.717) is 0 Å². The summed E-state index contributed by atoms with van der Waals surface area (Å²) >= 11 is 0. The Balaban J connectivity index is 1.33. The Hall–Kier alpha value is -5.22. The van der Waals surface area contributed by atoms with Crippen molar-refractivity contribution >= 4 is 33.3 Å². The first kappa shape index (κ1) is 27.1. The molecule has 3 heterocycles. The lowest BCUT2D eigenvalue weighted by Gasteiger charge is -2.49. The summed E-state index contributed by atoms with van der Waals surface area (Å²) in [7, 11) is 0. The van der Waals surface area contributed by atoms with Gasteiger partial charge in [-0.05, 0) is 55.2 Å². The average Bonchev–Trinajstić information content (AvgIpc) is 3.54. The first-order chi connectivity index (χ1) is 22.6. The van der Waals surface area contributed by atoms with Crippen LogP contribution in [0.5, 0.6) is 0 Å². The topological polar surface area (TPSA) is 34.0 Å². The van der Waals surface area contributed by atoms with Crippen LogP contribution in [0.1, 0.15) is 45.1 Å². The summed E-state index contributed by atoms with van der Waals surface area (Å²) in [5.41, 5.74) is 10.8. The lowest BCUT2D eigenvalue weighted by Crippen LogP contribution is -2.54. The van der Waals surface area contributed by atoms with E-state index >= 15 is 0 Å². The van der Waals surface area contributed by atoms with Gasteiger partial charge in [0.2, 0.25) is 0 Å². The van der Waals surface area contributed by atoms with Crippen LogP contribution in [0.15, 0.2) is 134 Å². The molecule has 1 fully saturated rings. The van der Waals surface area contributed by atoms with Crippen LogP contribution < -0.4 is 4.90 Å². The number of hydrogen-bond donors (Lipinski definition) is 0. The van der Waals surface area contributed by atoms with Crippen molar-refractivity contribution in [3.63, 3.8) is 0 Å². The quantitative estimate of drug-likeness (QED) is 0.203. The predicted molar refractivity (Wildman–Crippen MR) is 190 cm³/mol. The molecule has 1 aliphatic heterocycles. The number of aromatic nitrogens is 3. The number of benzene rings is 5. The van der Waals surface area contributed by atoms with E-state index in [4.69, 9.17) is 4.98 Å². The second-order valence-corrected chi connectivity index (χ2v) is 13.4. The molecule has 0 N–H and O–H groups in total. The van der Waals surface area contributed by atoms with Crippen molar-refractivity contribution in [3.8, 4) is 27.9 Å². The standard InChI is InChI=1S/C42H36N4/c1-41-24-11-12-25-42(41,2)46(40-36(41)27-43-28-44-40)31-22-23-38-35(26-31)34-18-9-10-21-37(34)45(38)39-32(29-14-5-3-6-15-29)19-13-20-33(39)30-16-7-4-8-17-30/h3-10,13-23,26-28H,11-12,24-25H2,1-2H3. The predicted octanol–water partition coefficient (Wildman–Crippen LogP) is 10.6. The number of fused-ring (bicyclic) bond motifs is 6. The van der Waals surface area contributed by atoms with Crippen molar-refractivity contribution < 1.29 is 0 Å². The van der Waals surface area contributed by atoms with E-state index in [1.165, 1.54) is 73.8 Å². The van der Waals surface area contributed by atoms with Gasteiger partial charge in [-0.2, -0.15) is 0 Å². The molecule has 4 nitrogen and oxygen atoms in total. The van der Waals surface area contributed by atoms with Gasteiger partial charge in [-0.25, -0.2) is 9.97 Å². The highest BCUT2D eigenvalue weighted by molar-refractivity contribution is 6.11. The average molecular weight is 597 g/mol. The summed E-state index contributed by atoms with van der Waals surface area (Å²) in [5, 5.41) is 2.50. The third-order valence-corrected chi connectivity index (χ3v) is 11.1. The van der Waals surface area contributed by atoms with Gasteiger partial charge in [0.25, 0.3) is 0 Å². The molecule has 9 rings (SSSR count). The maximum absolute atomic E-state index is 4.93. The molecule has 46 heavy (non-hydrogen) atoms. The molecule has 5 aromatic carbocycles. The minimum atomic E-state index is -0.0734. The fraction of sp³-hybridized carbons (Fsp3) is 0.190. The maximum atomic E-state index is 4.93. The van der Waals surface area contributed by atoms with Crippen molar-refractivity contribution in [3.05, 3.63) is 139 Å². The van der Waals surface area contributed by atoms with Crippen LogP contribution in [0.2, 0.25) is 0 Å². The van der Waals surface area contributed by atoms with Crippen molar-refractivity contribution in [2.75, 3.05) is 4.90 Å².